The summed E-state index contributed by atoms with van der Waals surface area (Å²) in [7, 11) is 0. The minimum absolute atomic E-state index is 0.217. The van der Waals surface area contributed by atoms with Gasteiger partial charge in [0.25, 0.3) is 5.91 Å². The lowest BCUT2D eigenvalue weighted by Crippen LogP contribution is -2.22. The highest BCUT2D eigenvalue weighted by Crippen LogP contribution is 2.22. The van der Waals surface area contributed by atoms with Crippen LogP contribution in [0.2, 0.25) is 5.02 Å². The number of H-pyrrole nitrogens is 1. The first-order valence-electron chi connectivity index (χ1n) is 6.34. The fraction of sp³-hybridized carbons (Fsp3) is 0.0667. The van der Waals surface area contributed by atoms with E-state index in [9.17, 15) is 4.79 Å². The SMILES string of the molecule is O=C(NCc1ccco1)c1cn[nH]c1-c1ccc(Cl)cc1. The molecule has 2 heterocycles. The molecule has 3 rings (SSSR count). The third-order valence-corrected chi connectivity index (χ3v) is 3.27. The average molecular weight is 302 g/mol. The van der Waals surface area contributed by atoms with Crippen LogP contribution in [0.3, 0.4) is 0 Å². The number of halogens is 1. The van der Waals surface area contributed by atoms with Crippen LogP contribution in [0.5, 0.6) is 0 Å². The van der Waals surface area contributed by atoms with Crippen molar-refractivity contribution in [2.24, 2.45) is 0 Å². The molecule has 0 atom stereocenters. The van der Waals surface area contributed by atoms with Gasteiger partial charge >= 0.3 is 0 Å². The third-order valence-electron chi connectivity index (χ3n) is 3.02. The Kier molecular flexibility index (Phi) is 3.75. The van der Waals surface area contributed by atoms with Gasteiger partial charge in [0.05, 0.1) is 30.3 Å². The topological polar surface area (TPSA) is 70.9 Å². The van der Waals surface area contributed by atoms with Gasteiger partial charge in [-0.05, 0) is 24.3 Å². The van der Waals surface area contributed by atoms with Gasteiger partial charge in [0.2, 0.25) is 0 Å². The molecule has 0 saturated carbocycles. The predicted molar refractivity (Wildman–Crippen MR) is 78.9 cm³/mol. The Labute approximate surface area is 125 Å². The summed E-state index contributed by atoms with van der Waals surface area (Å²) in [5, 5.41) is 10.2. The maximum Gasteiger partial charge on any atom is 0.255 e. The zero-order valence-corrected chi connectivity index (χ0v) is 11.7. The van der Waals surface area contributed by atoms with Crippen molar-refractivity contribution in [3.63, 3.8) is 0 Å². The molecule has 0 unspecified atom stereocenters. The lowest BCUT2D eigenvalue weighted by Gasteiger charge is -2.04. The summed E-state index contributed by atoms with van der Waals surface area (Å²) in [6, 6.07) is 10.8. The molecule has 106 valence electrons. The Morgan fingerprint density at radius 2 is 2.10 bits per heavy atom. The molecule has 2 N–H and O–H groups in total. The highest BCUT2D eigenvalue weighted by molar-refractivity contribution is 6.30. The molecule has 21 heavy (non-hydrogen) atoms. The zero-order chi connectivity index (χ0) is 14.7. The molecule has 0 spiro atoms. The number of nitrogens with zero attached hydrogens (tertiary/aromatic N) is 1. The van der Waals surface area contributed by atoms with Gasteiger partial charge in [-0.15, -0.1) is 0 Å². The Balaban J connectivity index is 1.78. The van der Waals surface area contributed by atoms with Gasteiger partial charge in [0.15, 0.2) is 0 Å². The number of aromatic nitrogens is 2. The molecule has 0 bridgehead atoms. The van der Waals surface area contributed by atoms with Gasteiger partial charge in [-0.2, -0.15) is 5.10 Å². The molecule has 6 heteroatoms. The molecule has 3 aromatic rings. The number of hydrogen-bond acceptors (Lipinski definition) is 3. The van der Waals surface area contributed by atoms with Crippen LogP contribution < -0.4 is 5.32 Å². The van der Waals surface area contributed by atoms with Crippen LogP contribution in [0.1, 0.15) is 16.1 Å². The van der Waals surface area contributed by atoms with E-state index in [-0.39, 0.29) is 5.91 Å². The smallest absolute Gasteiger partial charge is 0.255 e. The van der Waals surface area contributed by atoms with E-state index in [0.29, 0.717) is 28.6 Å². The maximum absolute atomic E-state index is 12.2. The second-order valence-corrected chi connectivity index (χ2v) is 4.86. The summed E-state index contributed by atoms with van der Waals surface area (Å²) in [5.74, 6) is 0.477. The van der Waals surface area contributed by atoms with Gasteiger partial charge in [-0.3, -0.25) is 9.89 Å². The van der Waals surface area contributed by atoms with Crippen molar-refractivity contribution in [3.8, 4) is 11.3 Å². The minimum atomic E-state index is -0.217. The van der Waals surface area contributed by atoms with E-state index in [1.54, 1.807) is 30.5 Å². The van der Waals surface area contributed by atoms with Crippen molar-refractivity contribution in [3.05, 3.63) is 65.2 Å². The molecule has 0 fully saturated rings. The van der Waals surface area contributed by atoms with Gasteiger partial charge in [-0.1, -0.05) is 23.7 Å². The second-order valence-electron chi connectivity index (χ2n) is 4.43. The highest BCUT2D eigenvalue weighted by Gasteiger charge is 2.15. The summed E-state index contributed by atoms with van der Waals surface area (Å²) in [6.45, 7) is 0.330. The fourth-order valence-corrected chi connectivity index (χ4v) is 2.10. The van der Waals surface area contributed by atoms with Crippen molar-refractivity contribution >= 4 is 17.5 Å². The van der Waals surface area contributed by atoms with E-state index < -0.39 is 0 Å². The molecule has 0 saturated heterocycles. The number of carbonyl (C=O) groups is 1. The summed E-state index contributed by atoms with van der Waals surface area (Å²) in [6.07, 6.45) is 3.07. The Morgan fingerprint density at radius 1 is 1.29 bits per heavy atom. The molecule has 5 nitrogen and oxygen atoms in total. The lowest BCUT2D eigenvalue weighted by molar-refractivity contribution is 0.0949. The number of aromatic amines is 1. The maximum atomic E-state index is 12.2. The molecular formula is C15H12ClN3O2. The monoisotopic (exact) mass is 301 g/mol. The Hall–Kier alpha value is -2.53. The molecule has 2 aromatic heterocycles. The first-order chi connectivity index (χ1) is 10.2. The van der Waals surface area contributed by atoms with Crippen LogP contribution in [0.15, 0.2) is 53.3 Å². The standard InChI is InChI=1S/C15H12ClN3O2/c16-11-5-3-10(4-6-11)14-13(9-18-19-14)15(20)17-8-12-2-1-7-21-12/h1-7,9H,8H2,(H,17,20)(H,18,19). The third kappa shape index (κ3) is 2.98. The molecule has 1 amide bonds. The number of nitrogens with one attached hydrogen (secondary N) is 2. The first-order valence-corrected chi connectivity index (χ1v) is 6.72. The quantitative estimate of drug-likeness (QED) is 0.777. The van der Waals surface area contributed by atoms with Crippen molar-refractivity contribution in [2.75, 3.05) is 0 Å². The number of hydrogen-bond donors (Lipinski definition) is 2. The Morgan fingerprint density at radius 3 is 2.81 bits per heavy atom. The van der Waals surface area contributed by atoms with Crippen LogP contribution in [0, 0.1) is 0 Å². The van der Waals surface area contributed by atoms with E-state index in [0.717, 1.165) is 5.56 Å². The van der Waals surface area contributed by atoms with E-state index >= 15 is 0 Å². The van der Waals surface area contributed by atoms with Gasteiger partial charge < -0.3 is 9.73 Å². The van der Waals surface area contributed by atoms with Crippen molar-refractivity contribution in [1.82, 2.24) is 15.5 Å². The van der Waals surface area contributed by atoms with Gasteiger partial charge in [-0.25, -0.2) is 0 Å². The van der Waals surface area contributed by atoms with Crippen LogP contribution >= 0.6 is 11.6 Å². The number of amides is 1. The number of rotatable bonds is 4. The molecule has 0 aliphatic carbocycles. The molecule has 1 aromatic carbocycles. The predicted octanol–water partition coefficient (Wildman–Crippen LogP) is 3.25. The van der Waals surface area contributed by atoms with Crippen LogP contribution in [-0.2, 0) is 6.54 Å². The van der Waals surface area contributed by atoms with Crippen molar-refractivity contribution in [2.45, 2.75) is 6.54 Å². The minimum Gasteiger partial charge on any atom is -0.467 e. The summed E-state index contributed by atoms with van der Waals surface area (Å²) in [4.78, 5) is 12.2. The zero-order valence-electron chi connectivity index (χ0n) is 11.0. The average Bonchev–Trinajstić information content (AvgIpc) is 3.17. The van der Waals surface area contributed by atoms with Crippen LogP contribution in [-0.4, -0.2) is 16.1 Å². The number of benzene rings is 1. The molecule has 0 aliphatic heterocycles. The molecular weight excluding hydrogens is 290 g/mol. The summed E-state index contributed by atoms with van der Waals surface area (Å²) < 4.78 is 5.18. The summed E-state index contributed by atoms with van der Waals surface area (Å²) in [5.41, 5.74) is 1.98. The first kappa shape index (κ1) is 13.5. The fourth-order valence-electron chi connectivity index (χ4n) is 1.97. The second kappa shape index (κ2) is 5.85. The number of carbonyl (C=O) groups excluding carboxylic acids is 1. The van der Waals surface area contributed by atoms with Crippen molar-refractivity contribution in [1.29, 1.82) is 0 Å². The van der Waals surface area contributed by atoms with Crippen LogP contribution in [0.25, 0.3) is 11.3 Å². The molecule has 0 aliphatic rings. The molecule has 0 radical (unpaired) electrons. The largest absolute Gasteiger partial charge is 0.467 e. The lowest BCUT2D eigenvalue weighted by atomic mass is 10.1. The van der Waals surface area contributed by atoms with Gasteiger partial charge in [0.1, 0.15) is 5.76 Å². The van der Waals surface area contributed by atoms with Crippen molar-refractivity contribution < 1.29 is 9.21 Å². The van der Waals surface area contributed by atoms with E-state index in [1.165, 1.54) is 6.20 Å². The highest BCUT2D eigenvalue weighted by atomic mass is 35.5. The number of furan rings is 1. The van der Waals surface area contributed by atoms with E-state index in [1.807, 2.05) is 12.1 Å². The van der Waals surface area contributed by atoms with E-state index in [4.69, 9.17) is 16.0 Å². The van der Waals surface area contributed by atoms with E-state index in [2.05, 4.69) is 15.5 Å². The van der Waals surface area contributed by atoms with Crippen LogP contribution in [0.4, 0.5) is 0 Å². The summed E-state index contributed by atoms with van der Waals surface area (Å²) >= 11 is 5.87. The Bertz CT molecular complexity index is 733. The van der Waals surface area contributed by atoms with Gasteiger partial charge in [0, 0.05) is 10.6 Å². The normalized spacial score (nSPS) is 10.5.